The van der Waals surface area contributed by atoms with Gasteiger partial charge in [0.1, 0.15) is 5.82 Å². The molecule has 0 aliphatic rings. The second-order valence-electron chi connectivity index (χ2n) is 5.64. The summed E-state index contributed by atoms with van der Waals surface area (Å²) in [6, 6.07) is 21.5. The Balaban J connectivity index is 1.57. The molecule has 0 amide bonds. The van der Waals surface area contributed by atoms with E-state index < -0.39 is 0 Å². The van der Waals surface area contributed by atoms with Crippen LogP contribution in [0.3, 0.4) is 0 Å². The number of ether oxygens (including phenoxy) is 3. The van der Waals surface area contributed by atoms with Gasteiger partial charge in [-0.2, -0.15) is 4.98 Å². The van der Waals surface area contributed by atoms with Crippen molar-refractivity contribution in [3.8, 4) is 17.4 Å². The lowest BCUT2D eigenvalue weighted by atomic mass is 10.1. The van der Waals surface area contributed by atoms with Crippen molar-refractivity contribution in [1.82, 2.24) is 4.98 Å². The van der Waals surface area contributed by atoms with Crippen LogP contribution in [0.5, 0.6) is 17.4 Å². The molecule has 1 heterocycles. The molecule has 0 aliphatic heterocycles. The zero-order chi connectivity index (χ0) is 18.2. The normalized spacial score (nSPS) is 10.2. The van der Waals surface area contributed by atoms with Crippen molar-refractivity contribution >= 4 is 11.5 Å². The van der Waals surface area contributed by atoms with Crippen LogP contribution in [-0.2, 0) is 6.42 Å². The molecule has 2 aromatic carbocycles. The molecule has 0 fully saturated rings. The average Bonchev–Trinajstić information content (AvgIpc) is 2.69. The number of pyridine rings is 1. The van der Waals surface area contributed by atoms with E-state index in [0.717, 1.165) is 35.0 Å². The van der Waals surface area contributed by atoms with E-state index >= 15 is 0 Å². The number of nitrogens with one attached hydrogen (secondary N) is 1. The number of para-hydroxylation sites is 1. The molecule has 0 unspecified atom stereocenters. The van der Waals surface area contributed by atoms with Crippen LogP contribution in [0, 0.1) is 0 Å². The fraction of sp³-hybridized carbons (Fsp3) is 0.190. The van der Waals surface area contributed by atoms with Crippen molar-refractivity contribution in [3.05, 3.63) is 72.3 Å². The van der Waals surface area contributed by atoms with Gasteiger partial charge >= 0.3 is 0 Å². The molecular formula is C21H22N2O3. The first-order valence-corrected chi connectivity index (χ1v) is 8.41. The molecular weight excluding hydrogens is 328 g/mol. The van der Waals surface area contributed by atoms with Gasteiger partial charge in [0.2, 0.25) is 5.88 Å². The molecule has 134 valence electrons. The minimum atomic E-state index is 0.525. The van der Waals surface area contributed by atoms with E-state index in [4.69, 9.17) is 14.2 Å². The maximum Gasteiger partial charge on any atom is 0.215 e. The Kier molecular flexibility index (Phi) is 5.93. The van der Waals surface area contributed by atoms with Gasteiger partial charge in [-0.3, -0.25) is 0 Å². The topological polar surface area (TPSA) is 52.6 Å². The second kappa shape index (κ2) is 8.76. The van der Waals surface area contributed by atoms with E-state index in [9.17, 15) is 0 Å². The maximum atomic E-state index is 5.80. The van der Waals surface area contributed by atoms with Gasteiger partial charge in [-0.15, -0.1) is 0 Å². The van der Waals surface area contributed by atoms with Gasteiger partial charge in [0.05, 0.1) is 20.8 Å². The second-order valence-corrected chi connectivity index (χ2v) is 5.64. The quantitative estimate of drug-likeness (QED) is 0.650. The van der Waals surface area contributed by atoms with E-state index in [1.54, 1.807) is 14.2 Å². The highest BCUT2D eigenvalue weighted by Crippen LogP contribution is 2.27. The molecule has 0 saturated heterocycles. The molecule has 3 aromatic rings. The standard InChI is InChI=1S/C21H22N2O3/c1-24-18-12-11-16(15-19(18)25-2)13-14-26-21-10-6-9-20(23-21)22-17-7-4-3-5-8-17/h3-12,15H,13-14H2,1-2H3,(H,22,23). The summed E-state index contributed by atoms with van der Waals surface area (Å²) in [5, 5.41) is 3.26. The lowest BCUT2D eigenvalue weighted by Crippen LogP contribution is -2.04. The summed E-state index contributed by atoms with van der Waals surface area (Å²) in [7, 11) is 3.26. The van der Waals surface area contributed by atoms with E-state index in [2.05, 4.69) is 10.3 Å². The fourth-order valence-electron chi connectivity index (χ4n) is 2.54. The van der Waals surface area contributed by atoms with Crippen LogP contribution in [0.25, 0.3) is 0 Å². The Labute approximate surface area is 153 Å². The van der Waals surface area contributed by atoms with Crippen molar-refractivity contribution < 1.29 is 14.2 Å². The van der Waals surface area contributed by atoms with Crippen LogP contribution in [0.4, 0.5) is 11.5 Å². The number of hydrogen-bond donors (Lipinski definition) is 1. The molecule has 1 N–H and O–H groups in total. The molecule has 1 aromatic heterocycles. The van der Waals surface area contributed by atoms with Crippen LogP contribution in [0.15, 0.2) is 66.7 Å². The van der Waals surface area contributed by atoms with Crippen molar-refractivity contribution in [3.63, 3.8) is 0 Å². The van der Waals surface area contributed by atoms with E-state index in [-0.39, 0.29) is 0 Å². The van der Waals surface area contributed by atoms with Crippen molar-refractivity contribution in [2.45, 2.75) is 6.42 Å². The summed E-state index contributed by atoms with van der Waals surface area (Å²) in [6.45, 7) is 0.525. The van der Waals surface area contributed by atoms with Gasteiger partial charge in [0.15, 0.2) is 11.5 Å². The number of aromatic nitrogens is 1. The highest BCUT2D eigenvalue weighted by Gasteiger charge is 2.05. The molecule has 5 nitrogen and oxygen atoms in total. The van der Waals surface area contributed by atoms with Gasteiger partial charge in [0, 0.05) is 18.2 Å². The van der Waals surface area contributed by atoms with E-state index in [1.165, 1.54) is 0 Å². The lowest BCUT2D eigenvalue weighted by molar-refractivity contribution is 0.309. The minimum absolute atomic E-state index is 0.525. The van der Waals surface area contributed by atoms with Crippen LogP contribution >= 0.6 is 0 Å². The van der Waals surface area contributed by atoms with Gasteiger partial charge in [-0.1, -0.05) is 30.3 Å². The third-order valence-electron chi connectivity index (χ3n) is 3.86. The monoisotopic (exact) mass is 350 g/mol. The largest absolute Gasteiger partial charge is 0.493 e. The molecule has 5 heteroatoms. The third kappa shape index (κ3) is 4.66. The molecule has 0 atom stereocenters. The Hall–Kier alpha value is -3.21. The van der Waals surface area contributed by atoms with Crippen molar-refractivity contribution in [2.75, 3.05) is 26.1 Å². The number of methoxy groups -OCH3 is 2. The van der Waals surface area contributed by atoms with Crippen LogP contribution < -0.4 is 19.5 Å². The van der Waals surface area contributed by atoms with Crippen LogP contribution in [0.1, 0.15) is 5.56 Å². The third-order valence-corrected chi connectivity index (χ3v) is 3.86. The summed E-state index contributed by atoms with van der Waals surface area (Å²) in [5.41, 5.74) is 2.10. The molecule has 3 rings (SSSR count). The predicted molar refractivity (Wildman–Crippen MR) is 103 cm³/mol. The first kappa shape index (κ1) is 17.6. The number of hydrogen-bond acceptors (Lipinski definition) is 5. The Morgan fingerprint density at radius 1 is 0.846 bits per heavy atom. The molecule has 0 radical (unpaired) electrons. The predicted octanol–water partition coefficient (Wildman–Crippen LogP) is 4.46. The highest BCUT2D eigenvalue weighted by molar-refractivity contribution is 5.56. The maximum absolute atomic E-state index is 5.80. The average molecular weight is 350 g/mol. The fourth-order valence-corrected chi connectivity index (χ4v) is 2.54. The Bertz CT molecular complexity index is 838. The molecule has 0 bridgehead atoms. The summed E-state index contributed by atoms with van der Waals surface area (Å²) in [6.07, 6.45) is 0.748. The van der Waals surface area contributed by atoms with E-state index in [1.807, 2.05) is 66.7 Å². The minimum Gasteiger partial charge on any atom is -0.493 e. The molecule has 0 spiro atoms. The summed E-state index contributed by atoms with van der Waals surface area (Å²) >= 11 is 0. The first-order valence-electron chi connectivity index (χ1n) is 8.41. The summed E-state index contributed by atoms with van der Waals surface area (Å²) < 4.78 is 16.4. The molecule has 0 aliphatic carbocycles. The lowest BCUT2D eigenvalue weighted by Gasteiger charge is -2.11. The summed E-state index contributed by atoms with van der Waals surface area (Å²) in [4.78, 5) is 4.48. The molecule has 26 heavy (non-hydrogen) atoms. The number of benzene rings is 2. The Morgan fingerprint density at radius 3 is 2.42 bits per heavy atom. The smallest absolute Gasteiger partial charge is 0.215 e. The Morgan fingerprint density at radius 2 is 1.65 bits per heavy atom. The zero-order valence-electron chi connectivity index (χ0n) is 14.9. The van der Waals surface area contributed by atoms with Crippen LogP contribution in [0.2, 0.25) is 0 Å². The molecule has 0 saturated carbocycles. The SMILES string of the molecule is COc1ccc(CCOc2cccc(Nc3ccccc3)n2)cc1OC. The van der Waals surface area contributed by atoms with Gasteiger partial charge in [-0.25, -0.2) is 0 Å². The van der Waals surface area contributed by atoms with Gasteiger partial charge in [0.25, 0.3) is 0 Å². The van der Waals surface area contributed by atoms with Crippen molar-refractivity contribution in [2.24, 2.45) is 0 Å². The van der Waals surface area contributed by atoms with Gasteiger partial charge < -0.3 is 19.5 Å². The summed E-state index contributed by atoms with van der Waals surface area (Å²) in [5.74, 6) is 2.78. The number of anilines is 2. The first-order chi connectivity index (χ1) is 12.8. The zero-order valence-corrected chi connectivity index (χ0v) is 14.9. The van der Waals surface area contributed by atoms with Crippen LogP contribution in [-0.4, -0.2) is 25.8 Å². The highest BCUT2D eigenvalue weighted by atomic mass is 16.5. The number of rotatable bonds is 8. The van der Waals surface area contributed by atoms with Gasteiger partial charge in [-0.05, 0) is 35.9 Å². The van der Waals surface area contributed by atoms with Crippen molar-refractivity contribution in [1.29, 1.82) is 0 Å². The van der Waals surface area contributed by atoms with E-state index in [0.29, 0.717) is 12.5 Å². The number of nitrogens with zero attached hydrogens (tertiary/aromatic N) is 1.